The molecule has 0 aromatic carbocycles. The highest BCUT2D eigenvalue weighted by Gasteiger charge is 2.14. The van der Waals surface area contributed by atoms with Crippen molar-refractivity contribution in [1.82, 2.24) is 9.55 Å². The van der Waals surface area contributed by atoms with Gasteiger partial charge in [-0.05, 0) is 19.8 Å². The summed E-state index contributed by atoms with van der Waals surface area (Å²) in [5.41, 5.74) is 2.19. The summed E-state index contributed by atoms with van der Waals surface area (Å²) < 4.78 is 2.02. The molecule has 1 aromatic heterocycles. The summed E-state index contributed by atoms with van der Waals surface area (Å²) in [7, 11) is 0. The first-order chi connectivity index (χ1) is 6.56. The fraction of sp³-hybridized carbons (Fsp3) is 0.727. The van der Waals surface area contributed by atoms with Crippen molar-refractivity contribution in [3.63, 3.8) is 0 Å². The summed E-state index contributed by atoms with van der Waals surface area (Å²) in [4.78, 5) is 4.21. The Hall–Kier alpha value is -0.830. The zero-order valence-corrected chi connectivity index (χ0v) is 9.49. The van der Waals surface area contributed by atoms with E-state index in [0.717, 1.165) is 17.8 Å². The van der Waals surface area contributed by atoms with Gasteiger partial charge in [-0.25, -0.2) is 4.98 Å². The van der Waals surface area contributed by atoms with Gasteiger partial charge in [-0.3, -0.25) is 0 Å². The third-order valence-electron chi connectivity index (χ3n) is 3.03. The molecule has 0 radical (unpaired) electrons. The first kappa shape index (κ1) is 11.2. The van der Waals surface area contributed by atoms with Crippen LogP contribution in [0.5, 0.6) is 0 Å². The van der Waals surface area contributed by atoms with E-state index in [1.165, 1.54) is 0 Å². The molecule has 0 bridgehead atoms. The van der Waals surface area contributed by atoms with Crippen LogP contribution in [0.3, 0.4) is 0 Å². The van der Waals surface area contributed by atoms with E-state index in [1.807, 2.05) is 18.4 Å². The predicted octanol–water partition coefficient (Wildman–Crippen LogP) is 1.91. The van der Waals surface area contributed by atoms with Crippen LogP contribution in [0, 0.1) is 19.8 Å². The quantitative estimate of drug-likeness (QED) is 0.798. The van der Waals surface area contributed by atoms with E-state index in [0.29, 0.717) is 12.5 Å². The summed E-state index contributed by atoms with van der Waals surface area (Å²) in [6.45, 7) is 8.85. The molecule has 1 aromatic rings. The molecule has 3 heteroatoms. The molecule has 80 valence electrons. The Balaban J connectivity index is 2.64. The minimum atomic E-state index is -0.271. The average molecular weight is 196 g/mol. The minimum Gasteiger partial charge on any atom is -0.391 e. The summed E-state index contributed by atoms with van der Waals surface area (Å²) in [6, 6.07) is 0. The Labute approximate surface area is 85.8 Å². The largest absolute Gasteiger partial charge is 0.391 e. The van der Waals surface area contributed by atoms with Gasteiger partial charge in [-0.1, -0.05) is 20.3 Å². The SMILES string of the molecule is CCC(C)C(O)Cn1cnc(C)c1C. The Morgan fingerprint density at radius 3 is 2.57 bits per heavy atom. The first-order valence-corrected chi connectivity index (χ1v) is 5.22. The van der Waals surface area contributed by atoms with E-state index in [4.69, 9.17) is 0 Å². The van der Waals surface area contributed by atoms with Crippen molar-refractivity contribution in [3.8, 4) is 0 Å². The molecule has 14 heavy (non-hydrogen) atoms. The number of hydrogen-bond donors (Lipinski definition) is 1. The van der Waals surface area contributed by atoms with Crippen molar-refractivity contribution in [2.24, 2.45) is 5.92 Å². The molecule has 2 atom stereocenters. The Morgan fingerprint density at radius 2 is 2.14 bits per heavy atom. The lowest BCUT2D eigenvalue weighted by atomic mass is 10.0. The Kier molecular flexibility index (Phi) is 3.69. The number of nitrogens with zero attached hydrogens (tertiary/aromatic N) is 2. The van der Waals surface area contributed by atoms with E-state index in [2.05, 4.69) is 18.8 Å². The Bertz CT molecular complexity index is 293. The second-order valence-electron chi connectivity index (χ2n) is 4.02. The summed E-state index contributed by atoms with van der Waals surface area (Å²) in [5, 5.41) is 9.86. The van der Waals surface area contributed by atoms with Crippen molar-refractivity contribution in [2.75, 3.05) is 0 Å². The molecule has 0 fully saturated rings. The first-order valence-electron chi connectivity index (χ1n) is 5.22. The van der Waals surface area contributed by atoms with Gasteiger partial charge in [0.05, 0.1) is 24.7 Å². The van der Waals surface area contributed by atoms with Crippen LogP contribution in [0.25, 0.3) is 0 Å². The van der Waals surface area contributed by atoms with E-state index < -0.39 is 0 Å². The van der Waals surface area contributed by atoms with Gasteiger partial charge in [0.25, 0.3) is 0 Å². The molecule has 0 spiro atoms. The van der Waals surface area contributed by atoms with Crippen LogP contribution in [0.4, 0.5) is 0 Å². The fourth-order valence-corrected chi connectivity index (χ4v) is 1.38. The van der Waals surface area contributed by atoms with Gasteiger partial charge < -0.3 is 9.67 Å². The van der Waals surface area contributed by atoms with Crippen LogP contribution in [-0.2, 0) is 6.54 Å². The van der Waals surface area contributed by atoms with Gasteiger partial charge in [0.15, 0.2) is 0 Å². The summed E-state index contributed by atoms with van der Waals surface area (Å²) >= 11 is 0. The topological polar surface area (TPSA) is 38.0 Å². The molecule has 1 N–H and O–H groups in total. The molecular formula is C11H20N2O. The van der Waals surface area contributed by atoms with Crippen LogP contribution < -0.4 is 0 Å². The maximum Gasteiger partial charge on any atom is 0.0952 e. The number of imidazole rings is 1. The summed E-state index contributed by atoms with van der Waals surface area (Å²) in [6.07, 6.45) is 2.54. The van der Waals surface area contributed by atoms with Crippen molar-refractivity contribution >= 4 is 0 Å². The van der Waals surface area contributed by atoms with Gasteiger partial charge >= 0.3 is 0 Å². The highest BCUT2D eigenvalue weighted by Crippen LogP contribution is 2.12. The zero-order valence-electron chi connectivity index (χ0n) is 9.49. The lowest BCUT2D eigenvalue weighted by Gasteiger charge is -2.18. The van der Waals surface area contributed by atoms with Gasteiger partial charge in [0.1, 0.15) is 0 Å². The molecule has 2 unspecified atom stereocenters. The number of aliphatic hydroxyl groups is 1. The van der Waals surface area contributed by atoms with Gasteiger partial charge in [0.2, 0.25) is 0 Å². The van der Waals surface area contributed by atoms with E-state index in [1.54, 1.807) is 6.33 Å². The van der Waals surface area contributed by atoms with Crippen molar-refractivity contribution in [1.29, 1.82) is 0 Å². The predicted molar refractivity (Wildman–Crippen MR) is 57.2 cm³/mol. The van der Waals surface area contributed by atoms with E-state index in [9.17, 15) is 5.11 Å². The number of rotatable bonds is 4. The standard InChI is InChI=1S/C11H20N2O/c1-5-8(2)11(14)6-13-7-12-9(3)10(13)4/h7-8,11,14H,5-6H2,1-4H3. The number of aromatic nitrogens is 2. The second-order valence-corrected chi connectivity index (χ2v) is 4.02. The molecule has 0 saturated carbocycles. The zero-order chi connectivity index (χ0) is 10.7. The summed E-state index contributed by atoms with van der Waals surface area (Å²) in [5.74, 6) is 0.345. The number of aliphatic hydroxyl groups excluding tert-OH is 1. The van der Waals surface area contributed by atoms with Crippen LogP contribution in [-0.4, -0.2) is 20.8 Å². The molecule has 1 heterocycles. The third kappa shape index (κ3) is 2.35. The molecule has 0 aliphatic rings. The van der Waals surface area contributed by atoms with E-state index in [-0.39, 0.29) is 6.10 Å². The Morgan fingerprint density at radius 1 is 1.50 bits per heavy atom. The van der Waals surface area contributed by atoms with Crippen molar-refractivity contribution in [2.45, 2.75) is 46.8 Å². The lowest BCUT2D eigenvalue weighted by molar-refractivity contribution is 0.0960. The van der Waals surface area contributed by atoms with Crippen molar-refractivity contribution in [3.05, 3.63) is 17.7 Å². The molecule has 0 saturated heterocycles. The van der Waals surface area contributed by atoms with Crippen molar-refractivity contribution < 1.29 is 5.11 Å². The fourth-order valence-electron chi connectivity index (χ4n) is 1.38. The van der Waals surface area contributed by atoms with Crippen LogP contribution in [0.1, 0.15) is 31.7 Å². The molecular weight excluding hydrogens is 176 g/mol. The van der Waals surface area contributed by atoms with Crippen LogP contribution in [0.15, 0.2) is 6.33 Å². The highest BCUT2D eigenvalue weighted by molar-refractivity contribution is 5.08. The van der Waals surface area contributed by atoms with Crippen LogP contribution >= 0.6 is 0 Å². The van der Waals surface area contributed by atoms with Gasteiger partial charge in [-0.2, -0.15) is 0 Å². The highest BCUT2D eigenvalue weighted by atomic mass is 16.3. The van der Waals surface area contributed by atoms with Crippen LogP contribution in [0.2, 0.25) is 0 Å². The number of hydrogen-bond acceptors (Lipinski definition) is 2. The normalized spacial score (nSPS) is 15.5. The maximum atomic E-state index is 9.86. The molecule has 1 rings (SSSR count). The van der Waals surface area contributed by atoms with E-state index >= 15 is 0 Å². The average Bonchev–Trinajstić information content (AvgIpc) is 2.48. The third-order valence-corrected chi connectivity index (χ3v) is 3.03. The minimum absolute atomic E-state index is 0.271. The van der Waals surface area contributed by atoms with Gasteiger partial charge in [-0.15, -0.1) is 0 Å². The van der Waals surface area contributed by atoms with Gasteiger partial charge in [0, 0.05) is 5.69 Å². The second kappa shape index (κ2) is 4.60. The molecule has 0 aliphatic heterocycles. The molecule has 0 aliphatic carbocycles. The monoisotopic (exact) mass is 196 g/mol. The maximum absolute atomic E-state index is 9.86. The molecule has 3 nitrogen and oxygen atoms in total. The lowest BCUT2D eigenvalue weighted by Crippen LogP contribution is -2.23. The smallest absolute Gasteiger partial charge is 0.0952 e. The molecule has 0 amide bonds. The number of aryl methyl sites for hydroxylation is 1.